The molecule has 1 aliphatic heterocycles. The Kier molecular flexibility index (Phi) is 8.31. The first-order valence-electron chi connectivity index (χ1n) is 12.0. The van der Waals surface area contributed by atoms with E-state index in [-0.39, 0.29) is 24.3 Å². The van der Waals surface area contributed by atoms with Crippen molar-refractivity contribution >= 4 is 34.8 Å². The number of benzene rings is 3. The van der Waals surface area contributed by atoms with Gasteiger partial charge in [0.05, 0.1) is 19.8 Å². The molecular formula is C28H30N4O4. The van der Waals surface area contributed by atoms with Gasteiger partial charge in [-0.3, -0.25) is 14.4 Å². The number of nitrogens with zero attached hydrogens (tertiary/aromatic N) is 2. The molecule has 3 amide bonds. The van der Waals surface area contributed by atoms with Crippen molar-refractivity contribution in [3.05, 3.63) is 90.0 Å². The van der Waals surface area contributed by atoms with Crippen LogP contribution in [-0.4, -0.2) is 62.0 Å². The van der Waals surface area contributed by atoms with Crippen molar-refractivity contribution < 1.29 is 19.1 Å². The van der Waals surface area contributed by atoms with Crippen LogP contribution in [0, 0.1) is 0 Å². The molecule has 36 heavy (non-hydrogen) atoms. The van der Waals surface area contributed by atoms with E-state index < -0.39 is 0 Å². The topological polar surface area (TPSA) is 91.0 Å². The molecule has 4 rings (SSSR count). The summed E-state index contributed by atoms with van der Waals surface area (Å²) in [6, 6.07) is 23.5. The third kappa shape index (κ3) is 6.28. The Morgan fingerprint density at radius 2 is 1.44 bits per heavy atom. The number of carbonyl (C=O) groups is 3. The highest BCUT2D eigenvalue weighted by molar-refractivity contribution is 6.06. The molecule has 0 radical (unpaired) electrons. The largest absolute Gasteiger partial charge is 0.378 e. The predicted molar refractivity (Wildman–Crippen MR) is 141 cm³/mol. The van der Waals surface area contributed by atoms with E-state index in [4.69, 9.17) is 4.74 Å². The normalized spacial score (nSPS) is 13.1. The first-order chi connectivity index (χ1) is 17.5. The number of hydrogen-bond donors (Lipinski definition) is 2. The fourth-order valence-electron chi connectivity index (χ4n) is 3.97. The van der Waals surface area contributed by atoms with Crippen LogP contribution in [0.15, 0.2) is 78.9 Å². The molecule has 3 aromatic rings. The van der Waals surface area contributed by atoms with Crippen molar-refractivity contribution in [1.29, 1.82) is 0 Å². The highest BCUT2D eigenvalue weighted by atomic mass is 16.5. The third-order valence-electron chi connectivity index (χ3n) is 5.93. The lowest BCUT2D eigenvalue weighted by molar-refractivity contribution is -0.114. The Hall–Kier alpha value is -4.17. The quantitative estimate of drug-likeness (QED) is 0.504. The number of ether oxygens (including phenoxy) is 1. The molecule has 0 saturated carbocycles. The first kappa shape index (κ1) is 24.9. The van der Waals surface area contributed by atoms with Gasteiger partial charge >= 0.3 is 0 Å². The summed E-state index contributed by atoms with van der Waals surface area (Å²) < 4.78 is 5.29. The van der Waals surface area contributed by atoms with E-state index in [1.165, 1.54) is 0 Å². The van der Waals surface area contributed by atoms with Gasteiger partial charge in [-0.15, -0.1) is 0 Å². The van der Waals surface area contributed by atoms with E-state index in [2.05, 4.69) is 10.6 Å². The lowest BCUT2D eigenvalue weighted by atomic mass is 10.1. The van der Waals surface area contributed by atoms with Crippen LogP contribution in [0.1, 0.15) is 27.6 Å². The van der Waals surface area contributed by atoms with Crippen LogP contribution in [0.3, 0.4) is 0 Å². The van der Waals surface area contributed by atoms with E-state index in [0.29, 0.717) is 49.7 Å². The molecule has 186 valence electrons. The second-order valence-corrected chi connectivity index (χ2v) is 8.35. The standard InChI is InChI=1S/C28H30N4O4/c1-2-32(25-6-4-3-5-7-25)28(35)22-8-12-23(13-9-22)29-20-26(33)30-24-14-10-21(11-15-24)27(34)31-16-18-36-19-17-31/h3-15,29H,2,16-20H2,1H3,(H,30,33). The van der Waals surface area contributed by atoms with Gasteiger partial charge in [-0.25, -0.2) is 0 Å². The van der Waals surface area contributed by atoms with E-state index in [9.17, 15) is 14.4 Å². The van der Waals surface area contributed by atoms with Crippen molar-refractivity contribution in [3.63, 3.8) is 0 Å². The molecule has 2 N–H and O–H groups in total. The number of amides is 3. The Morgan fingerprint density at radius 3 is 2.08 bits per heavy atom. The van der Waals surface area contributed by atoms with E-state index in [1.807, 2.05) is 37.3 Å². The van der Waals surface area contributed by atoms with Gasteiger partial charge in [0.2, 0.25) is 5.91 Å². The molecule has 1 saturated heterocycles. The zero-order chi connectivity index (χ0) is 25.3. The van der Waals surface area contributed by atoms with Gasteiger partial charge in [-0.05, 0) is 67.6 Å². The van der Waals surface area contributed by atoms with E-state index >= 15 is 0 Å². The highest BCUT2D eigenvalue weighted by Crippen LogP contribution is 2.18. The maximum Gasteiger partial charge on any atom is 0.258 e. The minimum Gasteiger partial charge on any atom is -0.378 e. The van der Waals surface area contributed by atoms with Crippen LogP contribution in [0.5, 0.6) is 0 Å². The first-order valence-corrected chi connectivity index (χ1v) is 12.0. The van der Waals surface area contributed by atoms with Gasteiger partial charge in [0.25, 0.3) is 11.8 Å². The molecular weight excluding hydrogens is 456 g/mol. The van der Waals surface area contributed by atoms with Crippen LogP contribution >= 0.6 is 0 Å². The molecule has 8 nitrogen and oxygen atoms in total. The molecule has 1 heterocycles. The molecule has 0 bridgehead atoms. The second kappa shape index (κ2) is 12.0. The lowest BCUT2D eigenvalue weighted by Crippen LogP contribution is -2.40. The van der Waals surface area contributed by atoms with Crippen LogP contribution in [0.2, 0.25) is 0 Å². The van der Waals surface area contributed by atoms with Crippen LogP contribution in [0.4, 0.5) is 17.1 Å². The summed E-state index contributed by atoms with van der Waals surface area (Å²) in [5.74, 6) is -0.335. The molecule has 1 aliphatic rings. The molecule has 0 aromatic heterocycles. The molecule has 0 spiro atoms. The average Bonchev–Trinajstić information content (AvgIpc) is 2.93. The summed E-state index contributed by atoms with van der Waals surface area (Å²) >= 11 is 0. The maximum absolute atomic E-state index is 12.9. The van der Waals surface area contributed by atoms with Crippen molar-refractivity contribution in [2.24, 2.45) is 0 Å². The van der Waals surface area contributed by atoms with Crippen molar-refractivity contribution in [2.45, 2.75) is 6.92 Å². The Morgan fingerprint density at radius 1 is 0.833 bits per heavy atom. The van der Waals surface area contributed by atoms with Crippen LogP contribution in [0.25, 0.3) is 0 Å². The van der Waals surface area contributed by atoms with Gasteiger partial charge in [0.1, 0.15) is 0 Å². The van der Waals surface area contributed by atoms with E-state index in [0.717, 1.165) is 11.4 Å². The maximum atomic E-state index is 12.9. The Balaban J connectivity index is 1.27. The number of anilines is 3. The van der Waals surface area contributed by atoms with Gasteiger partial charge in [0, 0.05) is 47.8 Å². The Labute approximate surface area is 210 Å². The molecule has 0 atom stereocenters. The predicted octanol–water partition coefficient (Wildman–Crippen LogP) is 3.88. The monoisotopic (exact) mass is 486 g/mol. The van der Waals surface area contributed by atoms with Gasteiger partial charge in [0.15, 0.2) is 0 Å². The highest BCUT2D eigenvalue weighted by Gasteiger charge is 2.18. The second-order valence-electron chi connectivity index (χ2n) is 8.35. The zero-order valence-corrected chi connectivity index (χ0v) is 20.3. The summed E-state index contributed by atoms with van der Waals surface area (Å²) in [7, 11) is 0. The number of para-hydroxylation sites is 1. The van der Waals surface area contributed by atoms with Crippen molar-refractivity contribution in [2.75, 3.05) is 54.9 Å². The summed E-state index contributed by atoms with van der Waals surface area (Å²) in [5, 5.41) is 5.89. The molecule has 1 fully saturated rings. The number of nitrogens with one attached hydrogen (secondary N) is 2. The smallest absolute Gasteiger partial charge is 0.258 e. The summed E-state index contributed by atoms with van der Waals surface area (Å²) in [4.78, 5) is 41.3. The molecule has 8 heteroatoms. The van der Waals surface area contributed by atoms with Crippen molar-refractivity contribution in [1.82, 2.24) is 4.90 Å². The Bertz CT molecular complexity index is 1170. The fourth-order valence-corrected chi connectivity index (χ4v) is 3.97. The third-order valence-corrected chi connectivity index (χ3v) is 5.93. The minimum atomic E-state index is -0.219. The van der Waals surface area contributed by atoms with Crippen molar-refractivity contribution in [3.8, 4) is 0 Å². The van der Waals surface area contributed by atoms with Crippen LogP contribution < -0.4 is 15.5 Å². The van der Waals surface area contributed by atoms with Gasteiger partial charge in [-0.1, -0.05) is 18.2 Å². The lowest BCUT2D eigenvalue weighted by Gasteiger charge is -2.26. The number of morpholine rings is 1. The van der Waals surface area contributed by atoms with E-state index in [1.54, 1.807) is 58.3 Å². The molecule has 0 unspecified atom stereocenters. The molecule has 3 aromatic carbocycles. The number of rotatable bonds is 8. The SMILES string of the molecule is CCN(C(=O)c1ccc(NCC(=O)Nc2ccc(C(=O)N3CCOCC3)cc2)cc1)c1ccccc1. The minimum absolute atomic E-state index is 0.0365. The summed E-state index contributed by atoms with van der Waals surface area (Å²) in [6.07, 6.45) is 0. The van der Waals surface area contributed by atoms with Gasteiger partial charge < -0.3 is 25.2 Å². The average molecular weight is 487 g/mol. The van der Waals surface area contributed by atoms with Gasteiger partial charge in [-0.2, -0.15) is 0 Å². The van der Waals surface area contributed by atoms with Crippen LogP contribution in [-0.2, 0) is 9.53 Å². The summed E-state index contributed by atoms with van der Waals surface area (Å²) in [5.41, 5.74) is 3.35. The number of carbonyl (C=O) groups excluding carboxylic acids is 3. The summed E-state index contributed by atoms with van der Waals surface area (Å²) in [6.45, 7) is 4.84. The fraction of sp³-hybridized carbons (Fsp3) is 0.250. The molecule has 0 aliphatic carbocycles. The zero-order valence-electron chi connectivity index (χ0n) is 20.3. The number of hydrogen-bond acceptors (Lipinski definition) is 5.